The molecule has 10 heteroatoms. The molecule has 4 atom stereocenters. The Morgan fingerprint density at radius 2 is 1.87 bits per heavy atom. The van der Waals surface area contributed by atoms with Crippen molar-refractivity contribution in [3.63, 3.8) is 0 Å². The van der Waals surface area contributed by atoms with Gasteiger partial charge >= 0.3 is 0 Å². The van der Waals surface area contributed by atoms with E-state index in [0.717, 1.165) is 36.3 Å². The van der Waals surface area contributed by atoms with Gasteiger partial charge in [-0.3, -0.25) is 4.79 Å². The average Bonchev–Trinajstić information content (AvgIpc) is 3.62. The number of benzene rings is 3. The minimum absolute atomic E-state index is 0.0674. The Bertz CT molecular complexity index is 1680. The van der Waals surface area contributed by atoms with Gasteiger partial charge in [-0.1, -0.05) is 29.8 Å². The van der Waals surface area contributed by atoms with Crippen molar-refractivity contribution >= 4 is 40.2 Å². The highest BCUT2D eigenvalue weighted by molar-refractivity contribution is 7.90. The first kappa shape index (κ1) is 31.4. The normalized spacial score (nSPS) is 25.4. The largest absolute Gasteiger partial charge is 0.598 e. The van der Waals surface area contributed by atoms with Crippen LogP contribution >= 0.6 is 11.6 Å². The van der Waals surface area contributed by atoms with Gasteiger partial charge in [0, 0.05) is 28.6 Å². The van der Waals surface area contributed by atoms with Crippen molar-refractivity contribution in [2.45, 2.75) is 69.2 Å². The molecule has 7 nitrogen and oxygen atoms in total. The van der Waals surface area contributed by atoms with Crippen LogP contribution in [0.3, 0.4) is 0 Å². The molecule has 3 aromatic carbocycles. The lowest BCUT2D eigenvalue weighted by molar-refractivity contribution is -0.119. The van der Waals surface area contributed by atoms with Crippen molar-refractivity contribution in [3.05, 3.63) is 106 Å². The van der Waals surface area contributed by atoms with Crippen LogP contribution in [-0.4, -0.2) is 32.7 Å². The lowest BCUT2D eigenvalue weighted by atomic mass is 9.78. The quantitative estimate of drug-likeness (QED) is 0.254. The molecule has 2 aliphatic heterocycles. The molecule has 234 valence electrons. The van der Waals surface area contributed by atoms with Crippen LogP contribution in [0.5, 0.6) is 0 Å². The van der Waals surface area contributed by atoms with Crippen LogP contribution in [-0.2, 0) is 21.7 Å². The Morgan fingerprint density at radius 1 is 1.11 bits per heavy atom. The lowest BCUT2D eigenvalue weighted by Gasteiger charge is -2.39. The number of hydrogen-bond donors (Lipinski definition) is 3. The number of nitrogens with one attached hydrogen (secondary N) is 3. The van der Waals surface area contributed by atoms with E-state index in [1.165, 1.54) is 11.6 Å². The highest BCUT2D eigenvalue weighted by atomic mass is 35.5. The molecular formula is C35H37ClFN5O2S. The van der Waals surface area contributed by atoms with Crippen molar-refractivity contribution in [2.75, 3.05) is 17.2 Å². The second kappa shape index (κ2) is 12.3. The molecule has 2 unspecified atom stereocenters. The molecule has 2 bridgehead atoms. The van der Waals surface area contributed by atoms with E-state index in [1.807, 2.05) is 57.2 Å². The summed E-state index contributed by atoms with van der Waals surface area (Å²) >= 11 is 4.63. The predicted octanol–water partition coefficient (Wildman–Crippen LogP) is 7.19. The van der Waals surface area contributed by atoms with Crippen LogP contribution in [0.1, 0.15) is 69.6 Å². The maximum absolute atomic E-state index is 15.4. The van der Waals surface area contributed by atoms with Gasteiger partial charge < -0.3 is 20.1 Å². The van der Waals surface area contributed by atoms with E-state index in [2.05, 4.69) is 26.3 Å². The van der Waals surface area contributed by atoms with Gasteiger partial charge in [-0.2, -0.15) is 5.26 Å². The number of carbonyl (C=O) groups excluding carboxylic acids is 1. The summed E-state index contributed by atoms with van der Waals surface area (Å²) in [6, 6.07) is 21.2. The van der Waals surface area contributed by atoms with Crippen molar-refractivity contribution < 1.29 is 13.7 Å². The number of hydrogen-bond acceptors (Lipinski definition) is 6. The highest BCUT2D eigenvalue weighted by Crippen LogP contribution is 2.49. The number of rotatable bonds is 5. The first-order valence-electron chi connectivity index (χ1n) is 15.3. The first-order chi connectivity index (χ1) is 21.5. The van der Waals surface area contributed by atoms with Gasteiger partial charge in [-0.05, 0) is 124 Å². The molecular weight excluding hydrogens is 609 g/mol. The number of nitrogens with zero attached hydrogens (tertiary/aromatic N) is 2. The zero-order valence-electron chi connectivity index (χ0n) is 25.6. The fraction of sp³-hybridized carbons (Fsp3) is 0.371. The van der Waals surface area contributed by atoms with E-state index in [-0.39, 0.29) is 17.5 Å². The average molecular weight is 646 g/mol. The maximum atomic E-state index is 15.4. The number of anilines is 2. The van der Waals surface area contributed by atoms with E-state index in [1.54, 1.807) is 24.3 Å². The molecule has 0 radical (unpaired) electrons. The number of allylic oxidation sites excluding steroid dienone is 1. The molecule has 3 aromatic rings. The molecule has 1 amide bonds. The molecule has 3 aliphatic rings. The Balaban J connectivity index is 1.50. The van der Waals surface area contributed by atoms with Gasteiger partial charge in [-0.25, -0.2) is 4.39 Å². The fourth-order valence-electron chi connectivity index (χ4n) is 6.37. The minimum Gasteiger partial charge on any atom is -0.598 e. The van der Waals surface area contributed by atoms with Crippen LogP contribution in [0.2, 0.25) is 5.02 Å². The Kier molecular flexibility index (Phi) is 8.61. The second-order valence-corrected chi connectivity index (χ2v) is 15.5. The fourth-order valence-corrected chi connectivity index (χ4v) is 7.46. The van der Waals surface area contributed by atoms with Gasteiger partial charge in [0.15, 0.2) is 0 Å². The van der Waals surface area contributed by atoms with E-state index in [4.69, 9.17) is 11.6 Å². The Labute approximate surface area is 272 Å². The minimum atomic E-state index is -1.53. The van der Waals surface area contributed by atoms with E-state index >= 15 is 4.39 Å². The Hall–Kier alpha value is -3.55. The summed E-state index contributed by atoms with van der Waals surface area (Å²) in [5, 5.41) is 16.9. The Morgan fingerprint density at radius 3 is 2.60 bits per heavy atom. The summed E-state index contributed by atoms with van der Waals surface area (Å²) in [6.45, 7) is 6.39. The summed E-state index contributed by atoms with van der Waals surface area (Å²) in [5.74, 6) is 0.297. The molecule has 3 N–H and O–H groups in total. The van der Waals surface area contributed by atoms with Crippen molar-refractivity contribution in [3.8, 4) is 6.07 Å². The molecule has 0 spiro atoms. The monoisotopic (exact) mass is 645 g/mol. The molecule has 2 fully saturated rings. The summed E-state index contributed by atoms with van der Waals surface area (Å²) in [6.07, 6.45) is 3.60. The van der Waals surface area contributed by atoms with Crippen molar-refractivity contribution in [2.24, 2.45) is 5.92 Å². The smallest absolute Gasteiger partial charge is 0.247 e. The highest BCUT2D eigenvalue weighted by Gasteiger charge is 2.46. The molecule has 1 aliphatic carbocycles. The third-order valence-corrected chi connectivity index (χ3v) is 10.8. The van der Waals surface area contributed by atoms with Crippen LogP contribution in [0.15, 0.2) is 78.1 Å². The van der Waals surface area contributed by atoms with Crippen LogP contribution in [0, 0.1) is 23.1 Å². The summed E-state index contributed by atoms with van der Waals surface area (Å²) < 4.78 is 32.2. The molecule has 2 heterocycles. The topological polar surface area (TPSA) is 103 Å². The summed E-state index contributed by atoms with van der Waals surface area (Å²) in [5.41, 5.74) is 3.00. The van der Waals surface area contributed by atoms with Crippen LogP contribution < -0.4 is 15.4 Å². The molecule has 0 aromatic heterocycles. The molecule has 1 saturated carbocycles. The lowest BCUT2D eigenvalue weighted by Crippen LogP contribution is -2.52. The van der Waals surface area contributed by atoms with Gasteiger partial charge in [0.25, 0.3) is 0 Å². The van der Waals surface area contributed by atoms with Gasteiger partial charge in [0.1, 0.15) is 28.0 Å². The van der Waals surface area contributed by atoms with Gasteiger partial charge in [0.05, 0.1) is 17.3 Å². The maximum Gasteiger partial charge on any atom is 0.247 e. The van der Waals surface area contributed by atoms with Gasteiger partial charge in [-0.15, -0.1) is 4.72 Å². The van der Waals surface area contributed by atoms with E-state index in [0.29, 0.717) is 35.5 Å². The summed E-state index contributed by atoms with van der Waals surface area (Å²) in [7, 11) is 0. The van der Waals surface area contributed by atoms with Crippen LogP contribution in [0.4, 0.5) is 15.8 Å². The second-order valence-electron chi connectivity index (χ2n) is 13.1. The van der Waals surface area contributed by atoms with Crippen molar-refractivity contribution in [1.29, 1.82) is 5.26 Å². The molecule has 45 heavy (non-hydrogen) atoms. The third kappa shape index (κ3) is 6.43. The number of amides is 1. The van der Waals surface area contributed by atoms with Gasteiger partial charge in [0.2, 0.25) is 5.91 Å². The molecule has 1 saturated heterocycles. The number of halogens is 2. The van der Waals surface area contributed by atoms with E-state index < -0.39 is 33.5 Å². The van der Waals surface area contributed by atoms with Crippen molar-refractivity contribution in [1.82, 2.24) is 9.62 Å². The van der Waals surface area contributed by atoms with Crippen LogP contribution in [0.25, 0.3) is 0 Å². The zero-order chi connectivity index (χ0) is 31.9. The number of nitriles is 1. The predicted molar refractivity (Wildman–Crippen MR) is 177 cm³/mol. The number of fused-ring (bicyclic) bond motifs is 4. The molecule has 6 rings (SSSR count). The van der Waals surface area contributed by atoms with E-state index in [9.17, 15) is 14.6 Å². The SMILES string of the molecule is CC(C)(C)[S@@+]([O-])NC1(c2cccc(C#N)c2)CCC2C/C2=C(\Nc2ccc(Cl)cc2)N2CCC[C@@H]2C(=O)Nc2cc1ccc2F. The third-order valence-electron chi connectivity index (χ3n) is 8.95. The zero-order valence-corrected chi connectivity index (χ0v) is 27.2. The standard InChI is InChI=1S/C35H37ClFN5O2S/c1-34(2,3)45(44)41-35(24-7-4-6-22(18-24)21-38)16-15-23-19-28(23)32(39-27-12-10-26(36)11-13-27)42-17-5-8-31(42)33(43)40-30-20-25(35)9-14-29(30)37/h4,6-7,9-14,18,20,23,31,39,41H,5,8,15-17,19H2,1-3H3,(H,40,43)/b32-28-/t23?,31-,35?,45-/m1/s1. The number of carbonyl (C=O) groups is 1. The first-order valence-corrected chi connectivity index (χ1v) is 16.8. The summed E-state index contributed by atoms with van der Waals surface area (Å²) in [4.78, 5) is 16.0.